The Morgan fingerprint density at radius 2 is 2.03 bits per heavy atom. The fraction of sp³-hybridized carbons (Fsp3) is 0.526. The number of hydrogen-bond donors (Lipinski definition) is 4. The molecule has 3 heterocycles. The molecule has 37 heavy (non-hydrogen) atoms. The molecule has 0 spiro atoms. The number of carbonyl (C=O) groups excluding carboxylic acids is 4. The van der Waals surface area contributed by atoms with E-state index in [1.54, 1.807) is 0 Å². The molecular weight excluding hydrogens is 536 g/mol. The van der Waals surface area contributed by atoms with Gasteiger partial charge in [-0.25, -0.2) is 0 Å². The van der Waals surface area contributed by atoms with Crippen LogP contribution in [0.1, 0.15) is 25.6 Å². The van der Waals surface area contributed by atoms with E-state index in [1.165, 1.54) is 11.8 Å². The molecule has 0 radical (unpaired) electrons. The lowest BCUT2D eigenvalue weighted by molar-refractivity contribution is -0.165. The lowest BCUT2D eigenvalue weighted by Crippen LogP contribution is -2.74. The Balaban J connectivity index is 1.66. The van der Waals surface area contributed by atoms with Crippen molar-refractivity contribution in [1.82, 2.24) is 19.6 Å². The summed E-state index contributed by atoms with van der Waals surface area (Å²) in [6.07, 6.45) is -0.874. The molecule has 0 saturated carbocycles. The number of aromatic nitrogens is 2. The summed E-state index contributed by atoms with van der Waals surface area (Å²) in [5.41, 5.74) is 3.54. The van der Waals surface area contributed by atoms with Gasteiger partial charge in [-0.3, -0.25) is 28.8 Å². The minimum Gasteiger partial charge on any atom is -0.481 e. The van der Waals surface area contributed by atoms with Crippen LogP contribution in [-0.4, -0.2) is 103 Å². The van der Waals surface area contributed by atoms with Gasteiger partial charge in [0.1, 0.15) is 42.2 Å². The normalized spacial score (nSPS) is 22.9. The van der Waals surface area contributed by atoms with Crippen LogP contribution in [0.25, 0.3) is 0 Å². The van der Waals surface area contributed by atoms with Crippen molar-refractivity contribution in [3.63, 3.8) is 0 Å². The van der Waals surface area contributed by atoms with Crippen molar-refractivity contribution in [3.05, 3.63) is 5.82 Å². The molecule has 0 aliphatic carbocycles. The summed E-state index contributed by atoms with van der Waals surface area (Å²) in [6.45, 7) is 0.0488. The lowest BCUT2D eigenvalue weighted by Gasteiger charge is -2.53. The summed E-state index contributed by atoms with van der Waals surface area (Å²) in [5.74, 6) is -5.42. The van der Waals surface area contributed by atoms with Gasteiger partial charge in [-0.2, -0.15) is 9.36 Å². The third-order valence-electron chi connectivity index (χ3n) is 5.22. The maximum absolute atomic E-state index is 12.9. The van der Waals surface area contributed by atoms with Crippen molar-refractivity contribution in [3.8, 4) is 0 Å². The van der Waals surface area contributed by atoms with E-state index >= 15 is 0 Å². The van der Waals surface area contributed by atoms with E-state index < -0.39 is 71.1 Å². The Hall–Kier alpha value is -3.80. The van der Waals surface area contributed by atoms with Crippen LogP contribution in [-0.2, 0) is 38.3 Å². The maximum atomic E-state index is 12.9. The molecule has 5 N–H and O–H groups in total. The number of carbonyl (C=O) groups is 6. The van der Waals surface area contributed by atoms with Gasteiger partial charge in [0.15, 0.2) is 5.13 Å². The number of carboxylic acids is 2. The number of nitrogen functional groups attached to an aromatic ring is 1. The van der Waals surface area contributed by atoms with E-state index in [2.05, 4.69) is 19.8 Å². The molecule has 1 aromatic rings. The third kappa shape index (κ3) is 6.50. The Morgan fingerprint density at radius 3 is 2.62 bits per heavy atom. The van der Waals surface area contributed by atoms with E-state index in [0.717, 1.165) is 23.3 Å². The Morgan fingerprint density at radius 1 is 1.30 bits per heavy atom. The molecule has 2 unspecified atom stereocenters. The smallest absolute Gasteiger partial charge is 0.315 e. The van der Waals surface area contributed by atoms with Crippen LogP contribution in [0.5, 0.6) is 0 Å². The average Bonchev–Trinajstić information content (AvgIpc) is 3.25. The van der Waals surface area contributed by atoms with Crippen molar-refractivity contribution >= 4 is 69.6 Å². The van der Waals surface area contributed by atoms with E-state index in [1.807, 2.05) is 0 Å². The van der Waals surface area contributed by atoms with Gasteiger partial charge in [0.25, 0.3) is 5.91 Å². The molecule has 0 aromatic carbocycles. The molecule has 18 heteroatoms. The molecular formula is C19H22N6O10S2. The summed E-state index contributed by atoms with van der Waals surface area (Å²) < 4.78 is 8.87. The highest BCUT2D eigenvalue weighted by atomic mass is 32.2. The van der Waals surface area contributed by atoms with Gasteiger partial charge in [0, 0.05) is 23.8 Å². The first kappa shape index (κ1) is 27.8. The molecule has 2 aliphatic heterocycles. The number of Topliss-reactive ketones (excluding diaryl/α,β-unsaturated/α-hetero) is 1. The molecule has 1 aromatic heterocycles. The zero-order valence-corrected chi connectivity index (χ0v) is 20.9. The van der Waals surface area contributed by atoms with E-state index in [-0.39, 0.29) is 36.3 Å². The zero-order chi connectivity index (χ0) is 27.3. The van der Waals surface area contributed by atoms with Crippen LogP contribution in [0.15, 0.2) is 5.16 Å². The predicted molar refractivity (Wildman–Crippen MR) is 125 cm³/mol. The number of fused-ring (bicyclic) bond motifs is 1. The number of nitrogens with zero attached hydrogens (tertiary/aromatic N) is 4. The molecule has 3 atom stereocenters. The number of anilines is 1. The van der Waals surface area contributed by atoms with Gasteiger partial charge in [-0.05, 0) is 6.92 Å². The van der Waals surface area contributed by atoms with Gasteiger partial charge < -0.3 is 35.7 Å². The first-order chi connectivity index (χ1) is 17.4. The van der Waals surface area contributed by atoms with Gasteiger partial charge in [-0.15, -0.1) is 11.8 Å². The van der Waals surface area contributed by atoms with Crippen molar-refractivity contribution in [2.75, 3.05) is 31.2 Å². The summed E-state index contributed by atoms with van der Waals surface area (Å²) in [7, 11) is 0. The fourth-order valence-electron chi connectivity index (χ4n) is 3.35. The Bertz CT molecular complexity index is 1160. The number of hydrogen-bond acceptors (Lipinski definition) is 14. The third-order valence-corrected chi connectivity index (χ3v) is 7.35. The number of amides is 2. The molecule has 16 nitrogen and oxygen atoms in total. The van der Waals surface area contributed by atoms with Crippen LogP contribution < -0.4 is 11.1 Å². The van der Waals surface area contributed by atoms with E-state index in [9.17, 15) is 33.9 Å². The van der Waals surface area contributed by atoms with Crippen LogP contribution in [0.2, 0.25) is 0 Å². The number of β-lactam (4-membered cyclic amide) rings is 1. The minimum absolute atomic E-state index is 0.0313. The minimum atomic E-state index is -1.59. The van der Waals surface area contributed by atoms with Crippen LogP contribution in [0.4, 0.5) is 5.13 Å². The standard InChI is InChI=1S/C19H22N6O10S2/c1-8(26)4-10(29)34-6-19(17(32)33)5-25-15(31)12(16(25)36-7-19)21-14(30)11(13-22-18(20)37-24-13)23-35-3-2-9(27)28/h12,16H,2-7H2,1H3,(H,21,30)(H,27,28)(H,32,33)(H2,20,22,24)/t12?,16-,19?/m1/s1. The summed E-state index contributed by atoms with van der Waals surface area (Å²) in [4.78, 5) is 81.1. The quantitative estimate of drug-likeness (QED) is 0.0559. The second-order valence-electron chi connectivity index (χ2n) is 8.12. The monoisotopic (exact) mass is 558 g/mol. The number of rotatable bonds is 12. The van der Waals surface area contributed by atoms with E-state index in [0.29, 0.717) is 0 Å². The predicted octanol–water partition coefficient (Wildman–Crippen LogP) is -1.69. The molecule has 3 rings (SSSR count). The van der Waals surface area contributed by atoms with Gasteiger partial charge in [-0.1, -0.05) is 5.16 Å². The van der Waals surface area contributed by atoms with E-state index in [4.69, 9.17) is 20.4 Å². The molecule has 2 saturated heterocycles. The summed E-state index contributed by atoms with van der Waals surface area (Å²) >= 11 is 1.85. The molecule has 2 amide bonds. The Labute approximate surface area is 216 Å². The molecule has 200 valence electrons. The largest absolute Gasteiger partial charge is 0.481 e. The first-order valence-electron chi connectivity index (χ1n) is 10.6. The topological polar surface area (TPSA) is 241 Å². The van der Waals surface area contributed by atoms with Crippen molar-refractivity contribution < 1.29 is 48.6 Å². The highest BCUT2D eigenvalue weighted by molar-refractivity contribution is 8.00. The number of ketones is 1. The van der Waals surface area contributed by atoms with Crippen molar-refractivity contribution in [2.24, 2.45) is 10.6 Å². The number of oxime groups is 1. The lowest BCUT2D eigenvalue weighted by atomic mass is 9.88. The highest BCUT2D eigenvalue weighted by Crippen LogP contribution is 2.42. The summed E-state index contributed by atoms with van der Waals surface area (Å²) in [5, 5.41) is 24.0. The first-order valence-corrected chi connectivity index (χ1v) is 12.4. The van der Waals surface area contributed by atoms with Crippen LogP contribution in [0.3, 0.4) is 0 Å². The second-order valence-corrected chi connectivity index (χ2v) is 10.0. The molecule has 2 aliphatic rings. The number of aliphatic carboxylic acids is 2. The van der Waals surface area contributed by atoms with Gasteiger partial charge in [0.2, 0.25) is 17.4 Å². The van der Waals surface area contributed by atoms with Crippen LogP contribution in [0, 0.1) is 5.41 Å². The van der Waals surface area contributed by atoms with Crippen LogP contribution >= 0.6 is 23.3 Å². The number of ether oxygens (including phenoxy) is 1. The highest BCUT2D eigenvalue weighted by Gasteiger charge is 2.58. The maximum Gasteiger partial charge on any atom is 0.315 e. The molecule has 0 bridgehead atoms. The number of nitrogens with one attached hydrogen (secondary N) is 1. The number of carboxylic acid groups (broad SMARTS) is 2. The average molecular weight is 559 g/mol. The Kier molecular flexibility index (Phi) is 8.64. The number of esters is 1. The second kappa shape index (κ2) is 11.5. The van der Waals surface area contributed by atoms with Gasteiger partial charge >= 0.3 is 17.9 Å². The number of nitrogens with two attached hydrogens (primary N) is 1. The zero-order valence-electron chi connectivity index (χ0n) is 19.2. The van der Waals surface area contributed by atoms with Crippen molar-refractivity contribution in [1.29, 1.82) is 0 Å². The summed E-state index contributed by atoms with van der Waals surface area (Å²) in [6, 6.07) is -1.04. The fourth-order valence-corrected chi connectivity index (χ4v) is 5.30. The molecule has 2 fully saturated rings. The van der Waals surface area contributed by atoms with Gasteiger partial charge in [0.05, 0.1) is 6.42 Å². The van der Waals surface area contributed by atoms with Crippen molar-refractivity contribution in [2.45, 2.75) is 31.2 Å². The SMILES string of the molecule is CC(=O)CC(=O)OCC1(C(=O)O)CS[C@@H]2C(NC(=O)C(=NOCCC(=O)O)c3nsc(N)n3)C(=O)N2C1. The number of thioether (sulfide) groups is 1.